The fourth-order valence-electron chi connectivity index (χ4n) is 2.48. The Kier molecular flexibility index (Phi) is 7.02. The van der Waals surface area contributed by atoms with Crippen molar-refractivity contribution in [2.75, 3.05) is 33.1 Å². The smallest absolute Gasteiger partial charge is 0.243 e. The van der Waals surface area contributed by atoms with Crippen LogP contribution >= 0.6 is 0 Å². The zero-order chi connectivity index (χ0) is 18.9. The van der Waals surface area contributed by atoms with Crippen molar-refractivity contribution in [3.63, 3.8) is 0 Å². The van der Waals surface area contributed by atoms with Crippen LogP contribution in [0.2, 0.25) is 0 Å². The average molecular weight is 356 g/mol. The summed E-state index contributed by atoms with van der Waals surface area (Å²) in [6.07, 6.45) is 0.925. The van der Waals surface area contributed by atoms with E-state index in [1.54, 1.807) is 45.5 Å². The van der Waals surface area contributed by atoms with Gasteiger partial charge in [-0.15, -0.1) is 0 Å². The van der Waals surface area contributed by atoms with Gasteiger partial charge in [0.05, 0.1) is 20.8 Å². The number of likely N-dealkylation sites (N-methyl/N-ethyl adjacent to an activating group) is 1. The van der Waals surface area contributed by atoms with E-state index in [4.69, 9.17) is 9.47 Å². The van der Waals surface area contributed by atoms with Crippen molar-refractivity contribution in [2.24, 2.45) is 0 Å². The molecule has 0 aromatic heterocycles. The molecular formula is C20H24N2O4. The van der Waals surface area contributed by atoms with Crippen LogP contribution in [0, 0.1) is 0 Å². The molecule has 138 valence electrons. The first-order valence-corrected chi connectivity index (χ1v) is 8.32. The van der Waals surface area contributed by atoms with Crippen LogP contribution in [0.25, 0.3) is 0 Å². The van der Waals surface area contributed by atoms with Gasteiger partial charge in [-0.1, -0.05) is 18.2 Å². The Labute approximate surface area is 153 Å². The van der Waals surface area contributed by atoms with Crippen molar-refractivity contribution >= 4 is 17.5 Å². The second kappa shape index (κ2) is 9.46. The zero-order valence-electron chi connectivity index (χ0n) is 15.3. The van der Waals surface area contributed by atoms with Gasteiger partial charge < -0.3 is 19.7 Å². The molecule has 0 heterocycles. The van der Waals surface area contributed by atoms with E-state index in [-0.39, 0.29) is 18.4 Å². The summed E-state index contributed by atoms with van der Waals surface area (Å²) in [4.78, 5) is 25.8. The van der Waals surface area contributed by atoms with E-state index >= 15 is 0 Å². The molecule has 6 heteroatoms. The normalized spacial score (nSPS) is 10.1. The summed E-state index contributed by atoms with van der Waals surface area (Å²) in [6, 6.07) is 14.7. The minimum atomic E-state index is -0.254. The standard InChI is InChI=1S/C20H24N2O4/c1-22(14-19(23)21-16-7-5-9-18(13-16)26-3)20(24)11-10-15-6-4-8-17(12-15)25-2/h4-9,12-13H,10-11,14H2,1-3H3,(H,21,23). The van der Waals surface area contributed by atoms with Crippen molar-refractivity contribution in [1.82, 2.24) is 4.90 Å². The number of anilines is 1. The number of methoxy groups -OCH3 is 2. The van der Waals surface area contributed by atoms with E-state index < -0.39 is 0 Å². The number of nitrogens with zero attached hydrogens (tertiary/aromatic N) is 1. The van der Waals surface area contributed by atoms with E-state index in [2.05, 4.69) is 5.32 Å². The number of amides is 2. The molecule has 0 spiro atoms. The third kappa shape index (κ3) is 5.81. The molecule has 0 radical (unpaired) electrons. The van der Waals surface area contributed by atoms with Crippen molar-refractivity contribution in [3.05, 3.63) is 54.1 Å². The third-order valence-corrected chi connectivity index (χ3v) is 3.92. The maximum atomic E-state index is 12.3. The lowest BCUT2D eigenvalue weighted by molar-refractivity contribution is -0.133. The highest BCUT2D eigenvalue weighted by atomic mass is 16.5. The van der Waals surface area contributed by atoms with Gasteiger partial charge in [-0.25, -0.2) is 0 Å². The van der Waals surface area contributed by atoms with E-state index in [1.807, 2.05) is 24.3 Å². The molecule has 2 amide bonds. The van der Waals surface area contributed by atoms with Gasteiger partial charge in [0, 0.05) is 25.2 Å². The minimum Gasteiger partial charge on any atom is -0.497 e. The first kappa shape index (κ1) is 19.3. The SMILES string of the molecule is COc1cccc(CCC(=O)N(C)CC(=O)Nc2cccc(OC)c2)c1. The lowest BCUT2D eigenvalue weighted by atomic mass is 10.1. The highest BCUT2D eigenvalue weighted by Gasteiger charge is 2.13. The van der Waals surface area contributed by atoms with Crippen LogP contribution in [0.3, 0.4) is 0 Å². The molecule has 0 aliphatic heterocycles. The van der Waals surface area contributed by atoms with E-state index in [0.717, 1.165) is 11.3 Å². The summed E-state index contributed by atoms with van der Waals surface area (Å²) in [5.74, 6) is 1.08. The second-order valence-corrected chi connectivity index (χ2v) is 5.88. The number of ether oxygens (including phenoxy) is 2. The predicted molar refractivity (Wildman–Crippen MR) is 101 cm³/mol. The van der Waals surface area contributed by atoms with Crippen molar-refractivity contribution < 1.29 is 19.1 Å². The lowest BCUT2D eigenvalue weighted by Gasteiger charge is -2.17. The molecule has 2 aromatic carbocycles. The molecule has 0 atom stereocenters. The topological polar surface area (TPSA) is 67.9 Å². The number of carbonyl (C=O) groups excluding carboxylic acids is 2. The first-order chi connectivity index (χ1) is 12.5. The molecule has 2 aromatic rings. The maximum absolute atomic E-state index is 12.3. The highest BCUT2D eigenvalue weighted by molar-refractivity contribution is 5.94. The van der Waals surface area contributed by atoms with Crippen molar-refractivity contribution in [3.8, 4) is 11.5 Å². The average Bonchev–Trinajstić information content (AvgIpc) is 2.66. The number of hydrogen-bond acceptors (Lipinski definition) is 4. The number of carbonyl (C=O) groups is 2. The van der Waals surface area contributed by atoms with Crippen LogP contribution in [-0.2, 0) is 16.0 Å². The van der Waals surface area contributed by atoms with Gasteiger partial charge in [0.2, 0.25) is 11.8 Å². The molecule has 2 rings (SSSR count). The third-order valence-electron chi connectivity index (χ3n) is 3.92. The summed E-state index contributed by atoms with van der Waals surface area (Å²) >= 11 is 0. The molecule has 0 unspecified atom stereocenters. The van der Waals surface area contributed by atoms with Crippen LogP contribution in [0.1, 0.15) is 12.0 Å². The Morgan fingerprint density at radius 3 is 2.35 bits per heavy atom. The first-order valence-electron chi connectivity index (χ1n) is 8.32. The summed E-state index contributed by atoms with van der Waals surface area (Å²) in [6.45, 7) is -0.00580. The number of benzene rings is 2. The van der Waals surface area contributed by atoms with Gasteiger partial charge in [0.15, 0.2) is 0 Å². The molecule has 0 aliphatic rings. The van der Waals surface area contributed by atoms with Gasteiger partial charge in [-0.3, -0.25) is 9.59 Å². The lowest BCUT2D eigenvalue weighted by Crippen LogP contribution is -2.35. The molecule has 26 heavy (non-hydrogen) atoms. The molecule has 0 fully saturated rings. The number of rotatable bonds is 8. The Hall–Kier alpha value is -3.02. The van der Waals surface area contributed by atoms with E-state index in [0.29, 0.717) is 24.3 Å². The molecular weight excluding hydrogens is 332 g/mol. The summed E-state index contributed by atoms with van der Waals surface area (Å²) < 4.78 is 10.3. The van der Waals surface area contributed by atoms with Crippen molar-refractivity contribution in [2.45, 2.75) is 12.8 Å². The minimum absolute atomic E-state index is 0.00580. The Morgan fingerprint density at radius 1 is 1.00 bits per heavy atom. The zero-order valence-corrected chi connectivity index (χ0v) is 15.3. The molecule has 0 saturated heterocycles. The van der Waals surface area contributed by atoms with Crippen LogP contribution < -0.4 is 14.8 Å². The van der Waals surface area contributed by atoms with Gasteiger partial charge in [-0.2, -0.15) is 0 Å². The van der Waals surface area contributed by atoms with Gasteiger partial charge in [0.25, 0.3) is 0 Å². The van der Waals surface area contributed by atoms with Crippen LogP contribution in [-0.4, -0.2) is 44.5 Å². The Bertz CT molecular complexity index is 761. The van der Waals surface area contributed by atoms with Gasteiger partial charge in [-0.05, 0) is 36.2 Å². The summed E-state index contributed by atoms with van der Waals surface area (Å²) in [7, 11) is 4.80. The number of hydrogen-bond donors (Lipinski definition) is 1. The Morgan fingerprint density at radius 2 is 1.65 bits per heavy atom. The summed E-state index contributed by atoms with van der Waals surface area (Å²) in [5, 5.41) is 2.76. The highest BCUT2D eigenvalue weighted by Crippen LogP contribution is 2.17. The molecule has 0 saturated carbocycles. The molecule has 1 N–H and O–H groups in total. The van der Waals surface area contributed by atoms with Crippen molar-refractivity contribution in [1.29, 1.82) is 0 Å². The van der Waals surface area contributed by atoms with Crippen LogP contribution in [0.5, 0.6) is 11.5 Å². The predicted octanol–water partition coefficient (Wildman–Crippen LogP) is 2.73. The van der Waals surface area contributed by atoms with Crippen LogP contribution in [0.4, 0.5) is 5.69 Å². The number of aryl methyl sites for hydroxylation is 1. The molecule has 6 nitrogen and oxygen atoms in total. The molecule has 0 bridgehead atoms. The number of nitrogens with one attached hydrogen (secondary N) is 1. The van der Waals surface area contributed by atoms with Crippen LogP contribution in [0.15, 0.2) is 48.5 Å². The van der Waals surface area contributed by atoms with Gasteiger partial charge in [0.1, 0.15) is 11.5 Å². The largest absolute Gasteiger partial charge is 0.497 e. The van der Waals surface area contributed by atoms with Gasteiger partial charge >= 0.3 is 0 Å². The quantitative estimate of drug-likeness (QED) is 0.790. The van der Waals surface area contributed by atoms with E-state index in [9.17, 15) is 9.59 Å². The second-order valence-electron chi connectivity index (χ2n) is 5.88. The monoisotopic (exact) mass is 356 g/mol. The summed E-state index contributed by atoms with van der Waals surface area (Å²) in [5.41, 5.74) is 1.65. The fourth-order valence-corrected chi connectivity index (χ4v) is 2.48. The molecule has 0 aliphatic carbocycles. The maximum Gasteiger partial charge on any atom is 0.243 e. The fraction of sp³-hybridized carbons (Fsp3) is 0.300. The van der Waals surface area contributed by atoms with E-state index in [1.165, 1.54) is 4.90 Å². The Balaban J connectivity index is 1.82.